The first-order chi connectivity index (χ1) is 14.8. The molecule has 1 aromatic rings. The van der Waals surface area contributed by atoms with Gasteiger partial charge >= 0.3 is 0 Å². The van der Waals surface area contributed by atoms with Gasteiger partial charge in [-0.1, -0.05) is 0 Å². The van der Waals surface area contributed by atoms with Crippen LogP contribution in [0.3, 0.4) is 0 Å². The third-order valence-corrected chi connectivity index (χ3v) is 7.96. The Bertz CT molecular complexity index is 886. The van der Waals surface area contributed by atoms with Gasteiger partial charge in [0.2, 0.25) is 21.9 Å². The van der Waals surface area contributed by atoms with Gasteiger partial charge in [-0.05, 0) is 39.0 Å². The smallest absolute Gasteiger partial charge is 0.227 e. The van der Waals surface area contributed by atoms with Crippen LogP contribution in [0.2, 0.25) is 0 Å². The molecular formula is C21H34N6O3S. The summed E-state index contributed by atoms with van der Waals surface area (Å²) in [5.41, 5.74) is 0.974. The van der Waals surface area contributed by atoms with Crippen LogP contribution in [0, 0.1) is 12.8 Å². The van der Waals surface area contributed by atoms with Crippen molar-refractivity contribution in [3.63, 3.8) is 0 Å². The molecular weight excluding hydrogens is 416 g/mol. The highest BCUT2D eigenvalue weighted by molar-refractivity contribution is 7.88. The molecule has 3 fully saturated rings. The van der Waals surface area contributed by atoms with E-state index >= 15 is 0 Å². The molecule has 10 heteroatoms. The molecule has 0 bridgehead atoms. The molecule has 0 atom stereocenters. The second-order valence-electron chi connectivity index (χ2n) is 8.96. The van der Waals surface area contributed by atoms with E-state index in [1.54, 1.807) is 0 Å². The van der Waals surface area contributed by atoms with Crippen molar-refractivity contribution < 1.29 is 13.2 Å². The molecule has 0 aromatic carbocycles. The van der Waals surface area contributed by atoms with E-state index in [-0.39, 0.29) is 11.8 Å². The number of carbonyl (C=O) groups excluding carboxylic acids is 1. The van der Waals surface area contributed by atoms with E-state index in [1.807, 2.05) is 17.9 Å². The number of piperazine rings is 1. The average Bonchev–Trinajstić information content (AvgIpc) is 2.78. The molecule has 3 saturated heterocycles. The fraction of sp³-hybridized carbons (Fsp3) is 0.762. The Balaban J connectivity index is 1.33. The number of sulfonamides is 1. The van der Waals surface area contributed by atoms with Crippen LogP contribution in [0.1, 0.15) is 37.8 Å². The molecule has 0 aliphatic carbocycles. The highest BCUT2D eigenvalue weighted by Crippen LogP contribution is 2.24. The van der Waals surface area contributed by atoms with Crippen molar-refractivity contribution in [2.45, 2.75) is 39.0 Å². The van der Waals surface area contributed by atoms with Crippen molar-refractivity contribution in [3.05, 3.63) is 11.8 Å². The van der Waals surface area contributed by atoms with Gasteiger partial charge in [-0.25, -0.2) is 17.7 Å². The zero-order valence-corrected chi connectivity index (χ0v) is 19.5. The normalized spacial score (nSPS) is 22.1. The summed E-state index contributed by atoms with van der Waals surface area (Å²) in [4.78, 5) is 28.9. The molecule has 1 aromatic heterocycles. The van der Waals surface area contributed by atoms with Gasteiger partial charge in [-0.15, -0.1) is 0 Å². The number of amides is 1. The molecule has 0 saturated carbocycles. The Hall–Kier alpha value is -1.94. The quantitative estimate of drug-likeness (QED) is 0.678. The van der Waals surface area contributed by atoms with Crippen LogP contribution < -0.4 is 9.80 Å². The Labute approximate surface area is 185 Å². The predicted molar refractivity (Wildman–Crippen MR) is 121 cm³/mol. The zero-order chi connectivity index (χ0) is 22.0. The summed E-state index contributed by atoms with van der Waals surface area (Å²) in [6.45, 7) is 7.78. The zero-order valence-electron chi connectivity index (χ0n) is 18.7. The van der Waals surface area contributed by atoms with Crippen molar-refractivity contribution in [3.8, 4) is 0 Å². The maximum absolute atomic E-state index is 13.0. The first kappa shape index (κ1) is 22.3. The molecule has 31 heavy (non-hydrogen) atoms. The summed E-state index contributed by atoms with van der Waals surface area (Å²) in [7, 11) is -3.17. The number of aromatic nitrogens is 2. The Morgan fingerprint density at radius 2 is 1.55 bits per heavy atom. The van der Waals surface area contributed by atoms with E-state index < -0.39 is 10.0 Å². The molecule has 0 spiro atoms. The van der Waals surface area contributed by atoms with Crippen LogP contribution in [0.4, 0.5) is 11.8 Å². The molecule has 9 nitrogen and oxygen atoms in total. The molecule has 3 aliphatic rings. The number of hydrogen-bond donors (Lipinski definition) is 0. The summed E-state index contributed by atoms with van der Waals surface area (Å²) in [5, 5.41) is 0. The van der Waals surface area contributed by atoms with E-state index in [4.69, 9.17) is 4.98 Å². The van der Waals surface area contributed by atoms with Gasteiger partial charge in [-0.2, -0.15) is 4.98 Å². The fourth-order valence-electron chi connectivity index (χ4n) is 4.78. The maximum Gasteiger partial charge on any atom is 0.227 e. The van der Waals surface area contributed by atoms with E-state index in [1.165, 1.54) is 29.8 Å². The third-order valence-electron chi connectivity index (χ3n) is 6.66. The second kappa shape index (κ2) is 9.28. The van der Waals surface area contributed by atoms with E-state index in [2.05, 4.69) is 14.8 Å². The van der Waals surface area contributed by atoms with Gasteiger partial charge in [0.05, 0.1) is 6.26 Å². The van der Waals surface area contributed by atoms with Gasteiger partial charge in [0.25, 0.3) is 0 Å². The number of hydrogen-bond acceptors (Lipinski definition) is 7. The van der Waals surface area contributed by atoms with Crippen LogP contribution in [0.25, 0.3) is 0 Å². The maximum atomic E-state index is 13.0. The number of aryl methyl sites for hydroxylation is 1. The Kier molecular flexibility index (Phi) is 6.66. The van der Waals surface area contributed by atoms with Crippen molar-refractivity contribution in [2.75, 3.05) is 68.4 Å². The number of carbonyl (C=O) groups is 1. The number of rotatable bonds is 4. The molecule has 1 amide bonds. The van der Waals surface area contributed by atoms with Crippen LogP contribution in [0.5, 0.6) is 0 Å². The first-order valence-corrected chi connectivity index (χ1v) is 13.3. The van der Waals surface area contributed by atoms with Gasteiger partial charge < -0.3 is 14.7 Å². The Morgan fingerprint density at radius 3 is 2.16 bits per heavy atom. The summed E-state index contributed by atoms with van der Waals surface area (Å²) in [6, 6.07) is 2.03. The summed E-state index contributed by atoms with van der Waals surface area (Å²) < 4.78 is 24.9. The average molecular weight is 451 g/mol. The van der Waals surface area contributed by atoms with Gasteiger partial charge in [0.15, 0.2) is 0 Å². The van der Waals surface area contributed by atoms with Crippen LogP contribution in [-0.4, -0.2) is 92.1 Å². The molecule has 0 N–H and O–H groups in total. The topological polar surface area (TPSA) is 89.9 Å². The minimum atomic E-state index is -3.17. The van der Waals surface area contributed by atoms with Crippen molar-refractivity contribution in [2.24, 2.45) is 5.92 Å². The molecule has 0 unspecified atom stereocenters. The van der Waals surface area contributed by atoms with Gasteiger partial charge in [0, 0.05) is 70.0 Å². The monoisotopic (exact) mass is 450 g/mol. The molecule has 4 rings (SSSR count). The lowest BCUT2D eigenvalue weighted by atomic mass is 9.96. The number of nitrogens with zero attached hydrogens (tertiary/aromatic N) is 6. The fourth-order valence-corrected chi connectivity index (χ4v) is 5.66. The molecule has 172 valence electrons. The van der Waals surface area contributed by atoms with E-state index in [0.717, 1.165) is 43.6 Å². The lowest BCUT2D eigenvalue weighted by Gasteiger charge is -2.39. The highest BCUT2D eigenvalue weighted by atomic mass is 32.2. The molecule has 4 heterocycles. The van der Waals surface area contributed by atoms with E-state index in [0.29, 0.717) is 39.0 Å². The van der Waals surface area contributed by atoms with Gasteiger partial charge in [-0.3, -0.25) is 4.79 Å². The van der Waals surface area contributed by atoms with Crippen LogP contribution in [-0.2, 0) is 14.8 Å². The minimum absolute atomic E-state index is 0.0726. The summed E-state index contributed by atoms with van der Waals surface area (Å²) in [6.07, 6.45) is 6.11. The van der Waals surface area contributed by atoms with E-state index in [9.17, 15) is 13.2 Å². The lowest BCUT2D eigenvalue weighted by molar-refractivity contribution is -0.137. The van der Waals surface area contributed by atoms with Crippen molar-refractivity contribution >= 4 is 27.7 Å². The van der Waals surface area contributed by atoms with Crippen LogP contribution in [0.15, 0.2) is 6.07 Å². The first-order valence-electron chi connectivity index (χ1n) is 11.4. The van der Waals surface area contributed by atoms with Gasteiger partial charge in [0.1, 0.15) is 5.82 Å². The minimum Gasteiger partial charge on any atom is -0.353 e. The Morgan fingerprint density at radius 1 is 0.903 bits per heavy atom. The highest BCUT2D eigenvalue weighted by Gasteiger charge is 2.33. The van der Waals surface area contributed by atoms with Crippen LogP contribution >= 0.6 is 0 Å². The number of anilines is 2. The van der Waals surface area contributed by atoms with Crippen molar-refractivity contribution in [1.82, 2.24) is 19.2 Å². The largest absolute Gasteiger partial charge is 0.353 e. The second-order valence-corrected chi connectivity index (χ2v) is 10.9. The standard InChI is InChI=1S/C21H34N6O3S/c1-17-16-19(23-21(22-17)26-8-4-3-5-9-26)24-12-14-25(15-13-24)20(28)18-6-10-27(11-7-18)31(2,29)30/h16,18H,3-15H2,1-2H3. The van der Waals surface area contributed by atoms with Crippen molar-refractivity contribution in [1.29, 1.82) is 0 Å². The SMILES string of the molecule is Cc1cc(N2CCN(C(=O)C3CCN(S(C)(=O)=O)CC3)CC2)nc(N2CCCCC2)n1. The number of piperidine rings is 2. The third kappa shape index (κ3) is 5.28. The summed E-state index contributed by atoms with van der Waals surface area (Å²) >= 11 is 0. The molecule has 0 radical (unpaired) electrons. The summed E-state index contributed by atoms with van der Waals surface area (Å²) in [5.74, 6) is 1.87. The lowest BCUT2D eigenvalue weighted by Crippen LogP contribution is -2.52. The molecule has 3 aliphatic heterocycles. The predicted octanol–water partition coefficient (Wildman–Crippen LogP) is 1.10.